The van der Waals surface area contributed by atoms with Gasteiger partial charge in [0.1, 0.15) is 0 Å². The highest BCUT2D eigenvalue weighted by Gasteiger charge is 2.06. The molecule has 2 rings (SSSR count). The molecule has 2 aromatic rings. The zero-order chi connectivity index (χ0) is 15.4. The number of hydrogen-bond donors (Lipinski definition) is 0. The van der Waals surface area contributed by atoms with Crippen molar-refractivity contribution in [3.8, 4) is 0 Å². The second kappa shape index (κ2) is 6.84. The van der Waals surface area contributed by atoms with Crippen molar-refractivity contribution in [2.24, 2.45) is 0 Å². The topological polar surface area (TPSA) is 25.8 Å². The van der Waals surface area contributed by atoms with Crippen LogP contribution in [0.4, 0.5) is 0 Å². The van der Waals surface area contributed by atoms with Gasteiger partial charge in [-0.2, -0.15) is 0 Å². The van der Waals surface area contributed by atoms with E-state index in [-0.39, 0.29) is 0 Å². The van der Waals surface area contributed by atoms with Crippen molar-refractivity contribution in [1.82, 2.24) is 9.97 Å². The molecule has 0 aliphatic rings. The van der Waals surface area contributed by atoms with E-state index in [9.17, 15) is 0 Å². The van der Waals surface area contributed by atoms with Gasteiger partial charge in [0, 0.05) is 23.3 Å². The summed E-state index contributed by atoms with van der Waals surface area (Å²) in [6.45, 7) is 11.0. The Bertz CT molecular complexity index is 600. The van der Waals surface area contributed by atoms with Crippen molar-refractivity contribution in [3.05, 3.63) is 58.7 Å². The summed E-state index contributed by atoms with van der Waals surface area (Å²) in [5.41, 5.74) is 6.19. The maximum Gasteiger partial charge on any atom is 0.0434 e. The third-order valence-electron chi connectivity index (χ3n) is 3.78. The molecule has 2 nitrogen and oxygen atoms in total. The third kappa shape index (κ3) is 4.38. The van der Waals surface area contributed by atoms with Crippen LogP contribution in [0.5, 0.6) is 0 Å². The molecule has 0 spiro atoms. The molecule has 2 heteroatoms. The van der Waals surface area contributed by atoms with Crippen molar-refractivity contribution in [2.45, 2.75) is 59.3 Å². The summed E-state index contributed by atoms with van der Waals surface area (Å²) in [6, 6.07) is 8.71. The molecule has 112 valence electrons. The Labute approximate surface area is 128 Å². The molecule has 0 N–H and O–H groups in total. The Hall–Kier alpha value is -1.70. The molecule has 0 aliphatic heterocycles. The van der Waals surface area contributed by atoms with Crippen LogP contribution in [0, 0.1) is 6.92 Å². The lowest BCUT2D eigenvalue weighted by Gasteiger charge is -2.10. The summed E-state index contributed by atoms with van der Waals surface area (Å²) in [4.78, 5) is 9.27. The minimum Gasteiger partial charge on any atom is -0.261 e. The van der Waals surface area contributed by atoms with Gasteiger partial charge in [-0.3, -0.25) is 9.97 Å². The predicted molar refractivity (Wildman–Crippen MR) is 88.8 cm³/mol. The van der Waals surface area contributed by atoms with E-state index < -0.39 is 0 Å². The van der Waals surface area contributed by atoms with Crippen LogP contribution in [0.25, 0.3) is 0 Å². The monoisotopic (exact) mass is 282 g/mol. The van der Waals surface area contributed by atoms with E-state index in [0.717, 1.165) is 18.5 Å². The van der Waals surface area contributed by atoms with Gasteiger partial charge in [-0.1, -0.05) is 27.7 Å². The van der Waals surface area contributed by atoms with Crippen molar-refractivity contribution in [3.63, 3.8) is 0 Å². The number of aryl methyl sites for hydroxylation is 3. The molecule has 0 radical (unpaired) electrons. The summed E-state index contributed by atoms with van der Waals surface area (Å²) in [6.07, 6.45) is 3.83. The van der Waals surface area contributed by atoms with Gasteiger partial charge in [0.05, 0.1) is 0 Å². The molecule has 0 saturated heterocycles. The summed E-state index contributed by atoms with van der Waals surface area (Å²) in [5.74, 6) is 1.03. The Balaban J connectivity index is 2.11. The average molecular weight is 282 g/mol. The lowest BCUT2D eigenvalue weighted by Crippen LogP contribution is -2.02. The molecule has 0 atom stereocenters. The van der Waals surface area contributed by atoms with Crippen LogP contribution in [0.15, 0.2) is 30.5 Å². The summed E-state index contributed by atoms with van der Waals surface area (Å²) in [5, 5.41) is 0. The quantitative estimate of drug-likeness (QED) is 0.786. The third-order valence-corrected chi connectivity index (χ3v) is 3.78. The molecule has 0 fully saturated rings. The van der Waals surface area contributed by atoms with E-state index in [1.807, 2.05) is 6.20 Å². The Morgan fingerprint density at radius 2 is 1.62 bits per heavy atom. The van der Waals surface area contributed by atoms with Gasteiger partial charge in [-0.05, 0) is 67.0 Å². The SMILES string of the molecule is Cc1cc(CCc2cc(C(C)C)ccn2)nc(C(C)C)c1. The van der Waals surface area contributed by atoms with Gasteiger partial charge < -0.3 is 0 Å². The van der Waals surface area contributed by atoms with Gasteiger partial charge in [-0.15, -0.1) is 0 Å². The average Bonchev–Trinajstić information content (AvgIpc) is 2.45. The predicted octanol–water partition coefficient (Wildman–Crippen LogP) is 4.82. The molecular weight excluding hydrogens is 256 g/mol. The highest BCUT2D eigenvalue weighted by Crippen LogP contribution is 2.17. The minimum absolute atomic E-state index is 0.478. The van der Waals surface area contributed by atoms with Crippen molar-refractivity contribution >= 4 is 0 Å². The van der Waals surface area contributed by atoms with E-state index in [2.05, 4.69) is 63.9 Å². The van der Waals surface area contributed by atoms with E-state index in [0.29, 0.717) is 11.8 Å². The van der Waals surface area contributed by atoms with Crippen molar-refractivity contribution in [1.29, 1.82) is 0 Å². The Morgan fingerprint density at radius 1 is 0.905 bits per heavy atom. The van der Waals surface area contributed by atoms with Crippen LogP contribution in [-0.4, -0.2) is 9.97 Å². The number of aromatic nitrogens is 2. The number of pyridine rings is 2. The highest BCUT2D eigenvalue weighted by molar-refractivity contribution is 5.24. The van der Waals surface area contributed by atoms with Crippen LogP contribution >= 0.6 is 0 Å². The second-order valence-corrected chi connectivity index (χ2v) is 6.45. The van der Waals surface area contributed by atoms with Crippen LogP contribution in [0.1, 0.15) is 67.7 Å². The largest absolute Gasteiger partial charge is 0.261 e. The van der Waals surface area contributed by atoms with Gasteiger partial charge in [-0.25, -0.2) is 0 Å². The van der Waals surface area contributed by atoms with Crippen LogP contribution < -0.4 is 0 Å². The minimum atomic E-state index is 0.478. The lowest BCUT2D eigenvalue weighted by atomic mass is 10.0. The van der Waals surface area contributed by atoms with Gasteiger partial charge in [0.2, 0.25) is 0 Å². The van der Waals surface area contributed by atoms with Gasteiger partial charge >= 0.3 is 0 Å². The Morgan fingerprint density at radius 3 is 2.29 bits per heavy atom. The first-order valence-corrected chi connectivity index (χ1v) is 7.88. The second-order valence-electron chi connectivity index (χ2n) is 6.45. The fraction of sp³-hybridized carbons (Fsp3) is 0.474. The molecule has 21 heavy (non-hydrogen) atoms. The number of nitrogens with zero attached hydrogens (tertiary/aromatic N) is 2. The van der Waals surface area contributed by atoms with Gasteiger partial charge in [0.15, 0.2) is 0 Å². The Kier molecular flexibility index (Phi) is 5.11. The van der Waals surface area contributed by atoms with Crippen molar-refractivity contribution in [2.75, 3.05) is 0 Å². The summed E-state index contributed by atoms with van der Waals surface area (Å²) in [7, 11) is 0. The summed E-state index contributed by atoms with van der Waals surface area (Å²) >= 11 is 0. The number of rotatable bonds is 5. The lowest BCUT2D eigenvalue weighted by molar-refractivity contribution is 0.786. The van der Waals surface area contributed by atoms with E-state index in [1.165, 1.54) is 22.5 Å². The normalized spacial score (nSPS) is 11.4. The molecule has 0 aromatic carbocycles. The van der Waals surface area contributed by atoms with E-state index in [1.54, 1.807) is 0 Å². The molecule has 0 bridgehead atoms. The first kappa shape index (κ1) is 15.7. The van der Waals surface area contributed by atoms with E-state index >= 15 is 0 Å². The highest BCUT2D eigenvalue weighted by atomic mass is 14.7. The molecule has 2 heterocycles. The molecule has 0 unspecified atom stereocenters. The fourth-order valence-electron chi connectivity index (χ4n) is 2.44. The molecular formula is C19H26N2. The maximum atomic E-state index is 4.78. The first-order chi connectivity index (χ1) is 9.95. The van der Waals surface area contributed by atoms with E-state index in [4.69, 9.17) is 4.98 Å². The van der Waals surface area contributed by atoms with Crippen LogP contribution in [-0.2, 0) is 12.8 Å². The molecule has 0 saturated carbocycles. The van der Waals surface area contributed by atoms with Gasteiger partial charge in [0.25, 0.3) is 0 Å². The van der Waals surface area contributed by atoms with Crippen LogP contribution in [0.3, 0.4) is 0 Å². The molecule has 2 aromatic heterocycles. The zero-order valence-corrected chi connectivity index (χ0v) is 13.9. The first-order valence-electron chi connectivity index (χ1n) is 7.88. The standard InChI is InChI=1S/C19H26N2/c1-13(2)16-8-9-20-17(12-16)6-7-18-10-15(5)11-19(21-18)14(3)4/h8-14H,6-7H2,1-5H3. The fourth-order valence-corrected chi connectivity index (χ4v) is 2.44. The van der Waals surface area contributed by atoms with Crippen molar-refractivity contribution < 1.29 is 0 Å². The van der Waals surface area contributed by atoms with Crippen LogP contribution in [0.2, 0.25) is 0 Å². The number of hydrogen-bond acceptors (Lipinski definition) is 2. The smallest absolute Gasteiger partial charge is 0.0434 e. The summed E-state index contributed by atoms with van der Waals surface area (Å²) < 4.78 is 0. The molecule has 0 amide bonds. The molecule has 0 aliphatic carbocycles. The maximum absolute atomic E-state index is 4.78. The zero-order valence-electron chi connectivity index (χ0n) is 13.9.